The number of fused-ring (bicyclic) bond motifs is 1. The summed E-state index contributed by atoms with van der Waals surface area (Å²) in [5.74, 6) is 0.523. The van der Waals surface area contributed by atoms with Gasteiger partial charge >= 0.3 is 0 Å². The lowest BCUT2D eigenvalue weighted by Gasteiger charge is -2.43. The van der Waals surface area contributed by atoms with Crippen LogP contribution in [0.3, 0.4) is 0 Å². The van der Waals surface area contributed by atoms with Gasteiger partial charge in [0, 0.05) is 44.0 Å². The summed E-state index contributed by atoms with van der Waals surface area (Å²) in [5, 5.41) is 15.6. The zero-order valence-corrected chi connectivity index (χ0v) is 22.2. The average Bonchev–Trinajstić information content (AvgIpc) is 3.40. The molecule has 5 heterocycles. The third-order valence-corrected chi connectivity index (χ3v) is 8.33. The summed E-state index contributed by atoms with van der Waals surface area (Å²) in [6, 6.07) is 17.4. The summed E-state index contributed by atoms with van der Waals surface area (Å²) in [6.45, 7) is 4.81. The van der Waals surface area contributed by atoms with Crippen molar-refractivity contribution in [3.8, 4) is 5.82 Å². The molecule has 1 amide bonds. The molecule has 4 aromatic rings. The van der Waals surface area contributed by atoms with Crippen LogP contribution in [0.25, 0.3) is 16.9 Å². The van der Waals surface area contributed by atoms with Crippen LogP contribution in [0, 0.1) is 12.8 Å². The van der Waals surface area contributed by atoms with Crippen LogP contribution in [-0.4, -0.2) is 66.8 Å². The van der Waals surface area contributed by atoms with Gasteiger partial charge in [-0.25, -0.2) is 9.97 Å². The first-order chi connectivity index (χ1) is 18.9. The minimum atomic E-state index is -1.41. The summed E-state index contributed by atoms with van der Waals surface area (Å²) < 4.78 is 3.52. The van der Waals surface area contributed by atoms with Crippen molar-refractivity contribution in [2.24, 2.45) is 5.92 Å². The molecule has 2 aliphatic rings. The SMILES string of the molecule is Cc1cccc(-n2ccc3c(=O)n(CC4CCN(C(=O)[C@@]5(O)CCNC[C@H]5c5ccccc5)CC4)cnc32)n1. The number of hydrogen-bond acceptors (Lipinski definition) is 6. The second kappa shape index (κ2) is 10.4. The number of benzene rings is 1. The second-order valence-corrected chi connectivity index (χ2v) is 10.8. The molecule has 39 heavy (non-hydrogen) atoms. The first-order valence-electron chi connectivity index (χ1n) is 13.7. The van der Waals surface area contributed by atoms with Crippen LogP contribution in [0.5, 0.6) is 0 Å². The van der Waals surface area contributed by atoms with E-state index in [9.17, 15) is 14.7 Å². The Morgan fingerprint density at radius 2 is 1.90 bits per heavy atom. The molecule has 0 unspecified atom stereocenters. The Morgan fingerprint density at radius 1 is 1.10 bits per heavy atom. The summed E-state index contributed by atoms with van der Waals surface area (Å²) in [5.41, 5.74) is 0.989. The Bertz CT molecular complexity index is 1540. The lowest BCUT2D eigenvalue weighted by atomic mass is 9.76. The van der Waals surface area contributed by atoms with Crippen LogP contribution < -0.4 is 10.9 Å². The van der Waals surface area contributed by atoms with Crippen LogP contribution in [-0.2, 0) is 11.3 Å². The van der Waals surface area contributed by atoms with Crippen molar-refractivity contribution < 1.29 is 9.90 Å². The number of amides is 1. The number of piperidine rings is 2. The summed E-state index contributed by atoms with van der Waals surface area (Å²) >= 11 is 0. The fourth-order valence-corrected chi connectivity index (χ4v) is 6.11. The van der Waals surface area contributed by atoms with Crippen molar-refractivity contribution in [2.45, 2.75) is 44.2 Å². The van der Waals surface area contributed by atoms with Crippen LogP contribution in [0.1, 0.15) is 36.4 Å². The molecule has 202 valence electrons. The van der Waals surface area contributed by atoms with E-state index in [2.05, 4.69) is 15.3 Å². The van der Waals surface area contributed by atoms with E-state index in [4.69, 9.17) is 0 Å². The maximum atomic E-state index is 13.6. The van der Waals surface area contributed by atoms with Gasteiger partial charge in [-0.2, -0.15) is 0 Å². The molecule has 0 spiro atoms. The smallest absolute Gasteiger partial charge is 0.262 e. The quantitative estimate of drug-likeness (QED) is 0.414. The highest BCUT2D eigenvalue weighted by Crippen LogP contribution is 2.36. The van der Waals surface area contributed by atoms with Gasteiger partial charge in [0.25, 0.3) is 11.5 Å². The van der Waals surface area contributed by atoms with Crippen molar-refractivity contribution in [1.29, 1.82) is 0 Å². The van der Waals surface area contributed by atoms with Gasteiger partial charge in [-0.1, -0.05) is 36.4 Å². The number of nitrogens with one attached hydrogen (secondary N) is 1. The van der Waals surface area contributed by atoms with E-state index in [0.29, 0.717) is 50.2 Å². The Kier molecular flexibility index (Phi) is 6.78. The van der Waals surface area contributed by atoms with E-state index in [1.54, 1.807) is 17.0 Å². The summed E-state index contributed by atoms with van der Waals surface area (Å²) in [4.78, 5) is 37.9. The van der Waals surface area contributed by atoms with Gasteiger partial charge in [-0.15, -0.1) is 0 Å². The monoisotopic (exact) mass is 526 g/mol. The predicted octanol–water partition coefficient (Wildman–Crippen LogP) is 2.64. The Hall–Kier alpha value is -3.82. The first kappa shape index (κ1) is 25.5. The number of nitrogens with zero attached hydrogens (tertiary/aromatic N) is 5. The van der Waals surface area contributed by atoms with Gasteiger partial charge in [-0.05, 0) is 62.4 Å². The van der Waals surface area contributed by atoms with Crippen molar-refractivity contribution >= 4 is 16.9 Å². The zero-order valence-electron chi connectivity index (χ0n) is 22.2. The average molecular weight is 527 g/mol. The molecular weight excluding hydrogens is 492 g/mol. The summed E-state index contributed by atoms with van der Waals surface area (Å²) in [6.07, 6.45) is 5.40. The van der Waals surface area contributed by atoms with Crippen LogP contribution in [0.15, 0.2) is 71.9 Å². The van der Waals surface area contributed by atoms with E-state index >= 15 is 0 Å². The molecule has 9 nitrogen and oxygen atoms in total. The molecule has 3 aromatic heterocycles. The lowest BCUT2D eigenvalue weighted by molar-refractivity contribution is -0.158. The number of rotatable bonds is 5. The van der Waals surface area contributed by atoms with E-state index in [-0.39, 0.29) is 23.3 Å². The van der Waals surface area contributed by atoms with Gasteiger partial charge in [0.1, 0.15) is 5.82 Å². The van der Waals surface area contributed by atoms with Crippen molar-refractivity contribution in [1.82, 2.24) is 29.3 Å². The lowest BCUT2D eigenvalue weighted by Crippen LogP contribution is -2.59. The van der Waals surface area contributed by atoms with Crippen LogP contribution in [0.4, 0.5) is 0 Å². The molecule has 1 aromatic carbocycles. The number of carbonyl (C=O) groups is 1. The fourth-order valence-electron chi connectivity index (χ4n) is 6.11. The Labute approximate surface area is 227 Å². The van der Waals surface area contributed by atoms with Crippen LogP contribution >= 0.6 is 0 Å². The number of carbonyl (C=O) groups excluding carboxylic acids is 1. The second-order valence-electron chi connectivity index (χ2n) is 10.8. The van der Waals surface area contributed by atoms with Crippen molar-refractivity contribution in [3.05, 3.63) is 88.7 Å². The van der Waals surface area contributed by atoms with E-state index in [0.717, 1.165) is 29.9 Å². The molecule has 9 heteroatoms. The molecule has 6 rings (SSSR count). The van der Waals surface area contributed by atoms with Crippen molar-refractivity contribution in [2.75, 3.05) is 26.2 Å². The Morgan fingerprint density at radius 3 is 2.67 bits per heavy atom. The molecular formula is C30H34N6O3. The normalized spacial score (nSPS) is 22.3. The topological polar surface area (TPSA) is 105 Å². The third kappa shape index (κ3) is 4.77. The van der Waals surface area contributed by atoms with Crippen molar-refractivity contribution in [3.63, 3.8) is 0 Å². The number of likely N-dealkylation sites (tertiary alicyclic amines) is 1. The Balaban J connectivity index is 1.14. The molecule has 0 radical (unpaired) electrons. The van der Waals surface area contributed by atoms with E-state index in [1.165, 1.54) is 0 Å². The highest BCUT2D eigenvalue weighted by atomic mass is 16.3. The number of aliphatic hydroxyl groups is 1. The largest absolute Gasteiger partial charge is 0.379 e. The number of aromatic nitrogens is 4. The number of aryl methyl sites for hydroxylation is 1. The fraction of sp³-hybridized carbons (Fsp3) is 0.400. The highest BCUT2D eigenvalue weighted by Gasteiger charge is 2.48. The van der Waals surface area contributed by atoms with E-state index in [1.807, 2.05) is 71.1 Å². The standard InChI is InChI=1S/C30H34N6O3/c1-21-6-5-9-26(33-21)36-17-12-24-27(36)32-20-35(28(24)37)19-22-10-15-34(16-11-22)29(38)30(39)13-14-31-18-25(30)23-7-3-2-4-8-23/h2-9,12,17,20,22,25,31,39H,10-11,13-16,18-19H2,1H3/t25-,30+/m0/s1. The molecule has 0 saturated carbocycles. The highest BCUT2D eigenvalue weighted by molar-refractivity contribution is 5.86. The van der Waals surface area contributed by atoms with Gasteiger partial charge in [0.15, 0.2) is 11.2 Å². The number of pyridine rings is 1. The van der Waals surface area contributed by atoms with Gasteiger partial charge in [0.2, 0.25) is 0 Å². The van der Waals surface area contributed by atoms with Gasteiger partial charge in [0.05, 0.1) is 11.7 Å². The molecule has 2 saturated heterocycles. The maximum absolute atomic E-state index is 13.6. The first-order valence-corrected chi connectivity index (χ1v) is 13.7. The molecule has 0 aliphatic carbocycles. The number of hydrogen-bond donors (Lipinski definition) is 2. The minimum Gasteiger partial charge on any atom is -0.379 e. The third-order valence-electron chi connectivity index (χ3n) is 8.33. The molecule has 2 N–H and O–H groups in total. The van der Waals surface area contributed by atoms with Crippen LogP contribution in [0.2, 0.25) is 0 Å². The van der Waals surface area contributed by atoms with Gasteiger partial charge in [-0.3, -0.25) is 18.7 Å². The van der Waals surface area contributed by atoms with Gasteiger partial charge < -0.3 is 15.3 Å². The predicted molar refractivity (Wildman–Crippen MR) is 149 cm³/mol. The maximum Gasteiger partial charge on any atom is 0.262 e. The molecule has 0 bridgehead atoms. The molecule has 2 aliphatic heterocycles. The molecule has 2 fully saturated rings. The molecule has 2 atom stereocenters. The van der Waals surface area contributed by atoms with E-state index < -0.39 is 5.60 Å². The summed E-state index contributed by atoms with van der Waals surface area (Å²) in [7, 11) is 0. The minimum absolute atomic E-state index is 0.0698. The zero-order chi connectivity index (χ0) is 27.0.